The second kappa shape index (κ2) is 9.60. The topological polar surface area (TPSA) is 42.3 Å². The molecule has 2 atom stereocenters. The minimum absolute atomic E-state index is 0. The first-order valence-corrected chi connectivity index (χ1v) is 11.9. The van der Waals surface area contributed by atoms with E-state index in [0.717, 1.165) is 30.4 Å². The normalized spacial score (nSPS) is 22.4. The molecule has 2 unspecified atom stereocenters. The first kappa shape index (κ1) is 20.8. The largest absolute Gasteiger partial charge is 0.299 e. The second-order valence-electron chi connectivity index (χ2n) is 9.29. The number of allylic oxidation sites excluding steroid dienone is 5. The first-order valence-electron chi connectivity index (χ1n) is 11.9. The van der Waals surface area contributed by atoms with E-state index < -0.39 is 0 Å². The van der Waals surface area contributed by atoms with Gasteiger partial charge in [-0.05, 0) is 66.4 Å². The number of Topliss-reactive ketones (excluding diaryl/α,β-unsaturated/α-hetero) is 1. The summed E-state index contributed by atoms with van der Waals surface area (Å²) in [7, 11) is 0. The SMILES string of the molecule is O=C(Cc1cccnc1)Cc1cccc(C2CCCC(C3=NC=CCC4=C3C=CC4)C2)c1.[HH].[HH].[HH]. The Bertz CT molecular complexity index is 1120. The molecule has 1 aromatic carbocycles. The number of nitrogens with zero attached hydrogens (tertiary/aromatic N) is 2. The van der Waals surface area contributed by atoms with Crippen LogP contribution in [0.4, 0.5) is 0 Å². The molecule has 2 heterocycles. The Balaban J connectivity index is 0.00000144. The Morgan fingerprint density at radius 1 is 1.00 bits per heavy atom. The number of carbonyl (C=O) groups is 1. The van der Waals surface area contributed by atoms with E-state index in [-0.39, 0.29) is 10.1 Å². The van der Waals surface area contributed by atoms with Crippen molar-refractivity contribution in [3.05, 3.63) is 101 Å². The molecule has 2 aliphatic carbocycles. The van der Waals surface area contributed by atoms with E-state index in [4.69, 9.17) is 4.99 Å². The van der Waals surface area contributed by atoms with Crippen LogP contribution in [0.2, 0.25) is 0 Å². The summed E-state index contributed by atoms with van der Waals surface area (Å²) < 4.78 is 0. The van der Waals surface area contributed by atoms with Gasteiger partial charge in [0.15, 0.2) is 0 Å². The highest BCUT2D eigenvalue weighted by molar-refractivity contribution is 6.06. The third-order valence-electron chi connectivity index (χ3n) is 7.00. The maximum Gasteiger partial charge on any atom is 0.141 e. The van der Waals surface area contributed by atoms with Crippen LogP contribution in [0.1, 0.15) is 65.4 Å². The number of pyridine rings is 1. The molecule has 168 valence electrons. The van der Waals surface area contributed by atoms with Gasteiger partial charge in [0.05, 0.1) is 5.71 Å². The molecule has 0 radical (unpaired) electrons. The molecule has 1 saturated carbocycles. The number of aliphatic imine (C=N–C) groups is 1. The van der Waals surface area contributed by atoms with E-state index in [0.29, 0.717) is 24.7 Å². The average Bonchev–Trinajstić information content (AvgIpc) is 3.19. The highest BCUT2D eigenvalue weighted by atomic mass is 16.1. The van der Waals surface area contributed by atoms with Crippen LogP contribution >= 0.6 is 0 Å². The van der Waals surface area contributed by atoms with Gasteiger partial charge >= 0.3 is 0 Å². The van der Waals surface area contributed by atoms with Gasteiger partial charge in [0.1, 0.15) is 5.78 Å². The lowest BCUT2D eigenvalue weighted by Gasteiger charge is -2.31. The molecule has 2 aromatic rings. The molecule has 3 nitrogen and oxygen atoms in total. The minimum atomic E-state index is 0. The van der Waals surface area contributed by atoms with Crippen molar-refractivity contribution in [3.8, 4) is 0 Å². The van der Waals surface area contributed by atoms with Crippen LogP contribution in [0.5, 0.6) is 0 Å². The molecule has 0 bridgehead atoms. The van der Waals surface area contributed by atoms with Crippen LogP contribution in [0, 0.1) is 5.92 Å². The van der Waals surface area contributed by atoms with Crippen LogP contribution in [-0.2, 0) is 17.6 Å². The summed E-state index contributed by atoms with van der Waals surface area (Å²) in [5.74, 6) is 1.29. The van der Waals surface area contributed by atoms with E-state index in [1.807, 2.05) is 18.3 Å². The molecular formula is C29H36N2O. The van der Waals surface area contributed by atoms with Gasteiger partial charge in [0.2, 0.25) is 0 Å². The van der Waals surface area contributed by atoms with E-state index >= 15 is 0 Å². The highest BCUT2D eigenvalue weighted by Gasteiger charge is 2.30. The Kier molecular flexibility index (Phi) is 6.24. The smallest absolute Gasteiger partial charge is 0.141 e. The lowest BCUT2D eigenvalue weighted by atomic mass is 9.74. The van der Waals surface area contributed by atoms with Crippen LogP contribution in [-0.4, -0.2) is 16.5 Å². The van der Waals surface area contributed by atoms with E-state index in [1.54, 1.807) is 12.4 Å². The zero-order valence-electron chi connectivity index (χ0n) is 18.5. The molecule has 0 amide bonds. The summed E-state index contributed by atoms with van der Waals surface area (Å²) >= 11 is 0. The Hall–Kier alpha value is -3.07. The lowest BCUT2D eigenvalue weighted by Crippen LogP contribution is -2.23. The molecule has 1 aliphatic heterocycles. The van der Waals surface area contributed by atoms with Gasteiger partial charge in [-0.15, -0.1) is 0 Å². The molecule has 3 aliphatic rings. The third kappa shape index (κ3) is 4.72. The van der Waals surface area contributed by atoms with Crippen molar-refractivity contribution in [3.63, 3.8) is 0 Å². The number of ketones is 1. The maximum absolute atomic E-state index is 12.6. The van der Waals surface area contributed by atoms with Crippen molar-refractivity contribution in [2.75, 3.05) is 0 Å². The fourth-order valence-electron chi connectivity index (χ4n) is 5.45. The third-order valence-corrected chi connectivity index (χ3v) is 7.00. The molecule has 5 rings (SSSR count). The molecule has 3 heteroatoms. The number of hydrogen-bond acceptors (Lipinski definition) is 3. The number of benzene rings is 1. The van der Waals surface area contributed by atoms with Gasteiger partial charge in [-0.2, -0.15) is 0 Å². The van der Waals surface area contributed by atoms with Gasteiger partial charge in [-0.3, -0.25) is 14.8 Å². The first-order chi connectivity index (χ1) is 15.8. The average molecular weight is 429 g/mol. The summed E-state index contributed by atoms with van der Waals surface area (Å²) in [5.41, 5.74) is 7.70. The summed E-state index contributed by atoms with van der Waals surface area (Å²) in [6.45, 7) is 0. The van der Waals surface area contributed by atoms with Gasteiger partial charge < -0.3 is 0 Å². The van der Waals surface area contributed by atoms with Crippen LogP contribution in [0.15, 0.2) is 89.4 Å². The van der Waals surface area contributed by atoms with Gasteiger partial charge in [0.25, 0.3) is 0 Å². The van der Waals surface area contributed by atoms with Gasteiger partial charge in [-0.1, -0.05) is 60.6 Å². The molecule has 1 fully saturated rings. The molecule has 1 aromatic heterocycles. The van der Waals surface area contributed by atoms with Crippen molar-refractivity contribution in [1.82, 2.24) is 4.98 Å². The Morgan fingerprint density at radius 3 is 2.75 bits per heavy atom. The zero-order chi connectivity index (χ0) is 21.8. The van der Waals surface area contributed by atoms with Crippen LogP contribution in [0.3, 0.4) is 0 Å². The predicted octanol–water partition coefficient (Wildman–Crippen LogP) is 7.06. The fraction of sp³-hybridized carbons (Fsp3) is 0.345. The van der Waals surface area contributed by atoms with Crippen molar-refractivity contribution >= 4 is 11.5 Å². The van der Waals surface area contributed by atoms with Crippen LogP contribution in [0.25, 0.3) is 0 Å². The summed E-state index contributed by atoms with van der Waals surface area (Å²) in [6, 6.07) is 12.6. The minimum Gasteiger partial charge on any atom is -0.299 e. The Labute approximate surface area is 195 Å². The quantitative estimate of drug-likeness (QED) is 0.494. The summed E-state index contributed by atoms with van der Waals surface area (Å²) in [6.07, 6.45) is 20.1. The fourth-order valence-corrected chi connectivity index (χ4v) is 5.45. The van der Waals surface area contributed by atoms with Crippen molar-refractivity contribution in [2.45, 2.75) is 57.3 Å². The van der Waals surface area contributed by atoms with E-state index in [1.165, 1.54) is 41.7 Å². The summed E-state index contributed by atoms with van der Waals surface area (Å²) in [4.78, 5) is 21.6. The van der Waals surface area contributed by atoms with E-state index in [2.05, 4.69) is 47.5 Å². The maximum atomic E-state index is 12.6. The number of hydrogen-bond donors (Lipinski definition) is 0. The number of rotatable bonds is 6. The molecular weight excluding hydrogens is 392 g/mol. The molecule has 0 N–H and O–H groups in total. The second-order valence-corrected chi connectivity index (χ2v) is 9.29. The summed E-state index contributed by atoms with van der Waals surface area (Å²) in [5, 5.41) is 0. The van der Waals surface area contributed by atoms with Crippen molar-refractivity contribution in [1.29, 1.82) is 0 Å². The number of aromatic nitrogens is 1. The zero-order valence-corrected chi connectivity index (χ0v) is 18.5. The Morgan fingerprint density at radius 2 is 1.84 bits per heavy atom. The van der Waals surface area contributed by atoms with Gasteiger partial charge in [-0.25, -0.2) is 0 Å². The predicted molar refractivity (Wildman–Crippen MR) is 136 cm³/mol. The molecule has 32 heavy (non-hydrogen) atoms. The lowest BCUT2D eigenvalue weighted by molar-refractivity contribution is -0.117. The molecule has 0 spiro atoms. The van der Waals surface area contributed by atoms with Crippen molar-refractivity contribution < 1.29 is 9.07 Å². The monoisotopic (exact) mass is 428 g/mol. The van der Waals surface area contributed by atoms with Gasteiger partial charge in [0, 0.05) is 41.6 Å². The van der Waals surface area contributed by atoms with E-state index in [9.17, 15) is 4.79 Å². The standard InChI is InChI=1S/C29H30N2O.3H2/c32-27(18-22-7-4-14-30-20-22)17-21-6-1-9-24(16-21)25-10-2-11-26(19-25)29-28-13-3-8-23(28)12-5-15-31-29;;;/h1,3-7,9,13-16,20,25-26H,2,8,10-12,17-19H2;3*1H. The molecule has 0 saturated heterocycles. The van der Waals surface area contributed by atoms with Crippen molar-refractivity contribution in [2.24, 2.45) is 10.9 Å². The van der Waals surface area contributed by atoms with Crippen LogP contribution < -0.4 is 0 Å². The highest BCUT2D eigenvalue weighted by Crippen LogP contribution is 2.40. The number of carbonyl (C=O) groups excluding carboxylic acids is 1.